The summed E-state index contributed by atoms with van der Waals surface area (Å²) < 4.78 is 1.81. The van der Waals surface area contributed by atoms with Crippen LogP contribution in [0.1, 0.15) is 24.2 Å². The van der Waals surface area contributed by atoms with Gasteiger partial charge in [0.15, 0.2) is 5.69 Å². The van der Waals surface area contributed by atoms with Gasteiger partial charge < -0.3 is 9.67 Å². The molecule has 7 heteroatoms. The maximum absolute atomic E-state index is 13.3. The smallest absolute Gasteiger partial charge is 0.296 e. The number of rotatable bonds is 5. The number of hydrogen-bond donors (Lipinski definition) is 1. The highest BCUT2D eigenvalue weighted by atomic mass is 16.3. The van der Waals surface area contributed by atoms with E-state index in [0.29, 0.717) is 34.6 Å². The Bertz CT molecular complexity index is 1540. The molecule has 0 bridgehead atoms. The Morgan fingerprint density at radius 3 is 2.47 bits per heavy atom. The minimum atomic E-state index is -0.506. The van der Waals surface area contributed by atoms with Crippen molar-refractivity contribution in [2.75, 3.05) is 0 Å². The molecule has 0 saturated heterocycles. The van der Waals surface area contributed by atoms with Crippen molar-refractivity contribution in [2.24, 2.45) is 16.1 Å². The highest BCUT2D eigenvalue weighted by Gasteiger charge is 2.18. The normalized spacial score (nSPS) is 11.7. The monoisotopic (exact) mass is 449 g/mol. The number of benzene rings is 2. The van der Waals surface area contributed by atoms with Gasteiger partial charge in [0.2, 0.25) is 5.88 Å². The molecule has 0 unspecified atom stereocenters. The first-order chi connectivity index (χ1) is 16.5. The third-order valence-corrected chi connectivity index (χ3v) is 5.63. The fourth-order valence-electron chi connectivity index (χ4n) is 4.09. The summed E-state index contributed by atoms with van der Waals surface area (Å²) in [6.07, 6.45) is 3.37. The van der Waals surface area contributed by atoms with Crippen LogP contribution in [0.4, 0.5) is 5.69 Å². The fraction of sp³-hybridized carbons (Fsp3) is 0.148. The Balaban J connectivity index is 1.59. The lowest BCUT2D eigenvalue weighted by Crippen LogP contribution is -2.03. The zero-order valence-corrected chi connectivity index (χ0v) is 18.9. The number of para-hydroxylation sites is 2. The van der Waals surface area contributed by atoms with Crippen LogP contribution in [0, 0.1) is 5.92 Å². The first-order valence-electron chi connectivity index (χ1n) is 11.1. The number of amides is 1. The van der Waals surface area contributed by atoms with Gasteiger partial charge in [-0.1, -0.05) is 50.2 Å². The van der Waals surface area contributed by atoms with E-state index in [2.05, 4.69) is 29.1 Å². The Hall–Kier alpha value is -4.39. The zero-order chi connectivity index (χ0) is 23.7. The summed E-state index contributed by atoms with van der Waals surface area (Å²) in [5.74, 6) is -0.180. The zero-order valence-electron chi connectivity index (χ0n) is 18.9. The number of aromatic nitrogens is 3. The second-order valence-electron chi connectivity index (χ2n) is 8.51. The Morgan fingerprint density at radius 2 is 1.71 bits per heavy atom. The molecule has 5 aromatic rings. The largest absolute Gasteiger partial charge is 0.493 e. The summed E-state index contributed by atoms with van der Waals surface area (Å²) in [4.78, 5) is 22.0. The highest BCUT2D eigenvalue weighted by molar-refractivity contribution is 6.07. The van der Waals surface area contributed by atoms with Crippen molar-refractivity contribution >= 4 is 33.4 Å². The maximum atomic E-state index is 13.3. The highest BCUT2D eigenvalue weighted by Crippen LogP contribution is 2.39. The summed E-state index contributed by atoms with van der Waals surface area (Å²) >= 11 is 0. The number of aromatic hydroxyl groups is 1. The van der Waals surface area contributed by atoms with Crippen molar-refractivity contribution in [3.63, 3.8) is 0 Å². The van der Waals surface area contributed by atoms with Crippen LogP contribution in [0.2, 0.25) is 0 Å². The van der Waals surface area contributed by atoms with Crippen LogP contribution in [0.5, 0.6) is 5.88 Å². The summed E-state index contributed by atoms with van der Waals surface area (Å²) in [5, 5.41) is 20.6. The Kier molecular flexibility index (Phi) is 5.59. The minimum Gasteiger partial charge on any atom is -0.493 e. The number of carbonyl (C=O) groups excluding carboxylic acids is 1. The van der Waals surface area contributed by atoms with Crippen LogP contribution in [0.15, 0.2) is 89.4 Å². The standard InChI is InChI=1S/C27H23N5O2/c1-17(2)16-32-24-10-6-4-8-20(24)25(27(32)34)30-31-26(33)21-15-23(18-11-13-28-14-12-18)29-22-9-5-3-7-19(21)22/h3-15,17,34H,16H2,1-2H3. The minimum absolute atomic E-state index is 0.00325. The van der Waals surface area contributed by atoms with Gasteiger partial charge in [0.1, 0.15) is 0 Å². The van der Waals surface area contributed by atoms with E-state index in [-0.39, 0.29) is 11.6 Å². The van der Waals surface area contributed by atoms with Gasteiger partial charge in [-0.25, -0.2) is 4.98 Å². The molecule has 2 aromatic carbocycles. The van der Waals surface area contributed by atoms with Gasteiger partial charge in [-0.15, -0.1) is 10.2 Å². The molecule has 168 valence electrons. The van der Waals surface area contributed by atoms with E-state index in [9.17, 15) is 9.90 Å². The lowest BCUT2D eigenvalue weighted by Gasteiger charge is -2.09. The molecule has 0 aliphatic rings. The SMILES string of the molecule is CC(C)Cn1c(O)c(N=NC(=O)c2cc(-c3ccncc3)nc3ccccc23)c2ccccc21. The van der Waals surface area contributed by atoms with Crippen molar-refractivity contribution in [2.45, 2.75) is 20.4 Å². The molecular weight excluding hydrogens is 426 g/mol. The second-order valence-corrected chi connectivity index (χ2v) is 8.51. The number of carbonyl (C=O) groups is 1. The number of nitrogens with zero attached hydrogens (tertiary/aromatic N) is 5. The van der Waals surface area contributed by atoms with E-state index in [0.717, 1.165) is 16.5 Å². The van der Waals surface area contributed by atoms with Crippen LogP contribution >= 0.6 is 0 Å². The van der Waals surface area contributed by atoms with Gasteiger partial charge in [-0.2, -0.15) is 0 Å². The van der Waals surface area contributed by atoms with E-state index in [1.165, 1.54) is 0 Å². The third kappa shape index (κ3) is 3.92. The van der Waals surface area contributed by atoms with Crippen molar-refractivity contribution in [3.05, 3.63) is 84.7 Å². The molecule has 34 heavy (non-hydrogen) atoms. The van der Waals surface area contributed by atoms with Crippen LogP contribution in [-0.4, -0.2) is 25.5 Å². The molecule has 0 aliphatic heterocycles. The Labute approximate surface area is 196 Å². The molecule has 3 heterocycles. The van der Waals surface area contributed by atoms with Crippen molar-refractivity contribution in [1.29, 1.82) is 0 Å². The Morgan fingerprint density at radius 1 is 1.00 bits per heavy atom. The topological polar surface area (TPSA) is 92.7 Å². The van der Waals surface area contributed by atoms with Gasteiger partial charge in [0.25, 0.3) is 5.91 Å². The summed E-state index contributed by atoms with van der Waals surface area (Å²) in [6, 6.07) is 20.4. The van der Waals surface area contributed by atoms with Crippen molar-refractivity contribution < 1.29 is 9.90 Å². The van der Waals surface area contributed by atoms with Crippen LogP contribution in [0.25, 0.3) is 33.1 Å². The van der Waals surface area contributed by atoms with Crippen molar-refractivity contribution in [1.82, 2.24) is 14.5 Å². The molecule has 0 fully saturated rings. The average Bonchev–Trinajstić information content (AvgIpc) is 3.12. The van der Waals surface area contributed by atoms with Gasteiger partial charge in [0, 0.05) is 35.3 Å². The molecule has 1 amide bonds. The van der Waals surface area contributed by atoms with E-state index >= 15 is 0 Å². The summed E-state index contributed by atoms with van der Waals surface area (Å²) in [7, 11) is 0. The summed E-state index contributed by atoms with van der Waals surface area (Å²) in [5.41, 5.74) is 3.72. The molecule has 0 spiro atoms. The maximum Gasteiger partial charge on any atom is 0.296 e. The molecule has 0 radical (unpaired) electrons. The second kappa shape index (κ2) is 8.86. The van der Waals surface area contributed by atoms with E-state index in [1.54, 1.807) is 18.5 Å². The van der Waals surface area contributed by atoms with Gasteiger partial charge in [0.05, 0.1) is 22.3 Å². The van der Waals surface area contributed by atoms with Gasteiger partial charge in [-0.05, 0) is 36.2 Å². The number of pyridine rings is 2. The van der Waals surface area contributed by atoms with E-state index in [4.69, 9.17) is 4.98 Å². The van der Waals surface area contributed by atoms with Gasteiger partial charge >= 0.3 is 0 Å². The number of hydrogen-bond acceptors (Lipinski definition) is 5. The predicted octanol–water partition coefficient (Wildman–Crippen LogP) is 6.54. The predicted molar refractivity (Wildman–Crippen MR) is 132 cm³/mol. The fourth-order valence-corrected chi connectivity index (χ4v) is 4.09. The molecular formula is C27H23N5O2. The average molecular weight is 450 g/mol. The molecule has 3 aromatic heterocycles. The molecule has 0 atom stereocenters. The van der Waals surface area contributed by atoms with Gasteiger partial charge in [-0.3, -0.25) is 9.78 Å². The van der Waals surface area contributed by atoms with Crippen LogP contribution < -0.4 is 0 Å². The molecule has 5 rings (SSSR count). The van der Waals surface area contributed by atoms with Crippen molar-refractivity contribution in [3.8, 4) is 17.1 Å². The first-order valence-corrected chi connectivity index (χ1v) is 11.1. The lowest BCUT2D eigenvalue weighted by molar-refractivity contribution is 0.0996. The molecule has 1 N–H and O–H groups in total. The number of azo groups is 1. The van der Waals surface area contributed by atoms with Crippen LogP contribution in [0.3, 0.4) is 0 Å². The van der Waals surface area contributed by atoms with E-state index < -0.39 is 5.91 Å². The molecule has 0 saturated carbocycles. The van der Waals surface area contributed by atoms with Crippen LogP contribution in [-0.2, 0) is 6.54 Å². The van der Waals surface area contributed by atoms with E-state index in [1.807, 2.05) is 65.2 Å². The quantitative estimate of drug-likeness (QED) is 0.308. The first kappa shape index (κ1) is 21.5. The molecule has 7 nitrogen and oxygen atoms in total. The number of fused-ring (bicyclic) bond motifs is 2. The summed E-state index contributed by atoms with van der Waals surface area (Å²) in [6.45, 7) is 4.78. The third-order valence-electron chi connectivity index (χ3n) is 5.63. The lowest BCUT2D eigenvalue weighted by atomic mass is 10.0. The molecule has 0 aliphatic carbocycles.